The second-order valence-electron chi connectivity index (χ2n) is 11.6. The molecule has 2 aromatic rings. The molecule has 0 aliphatic carbocycles. The molecule has 2 N–H and O–H groups in total. The fourth-order valence-corrected chi connectivity index (χ4v) is 5.37. The van der Waals surface area contributed by atoms with E-state index in [1.165, 1.54) is 4.90 Å². The molecule has 12 heteroatoms. The number of carbonyl (C=O) groups excluding carboxylic acids is 1. The van der Waals surface area contributed by atoms with Crippen LogP contribution >= 0.6 is 17.0 Å². The SMILES string of the molecule is Br.CCOc1cc2c(c(F)c1OCC)C(=N)N(CC(=O)c1cc(N3CCOCC3)c(OC(CC)C(=O)O)c(C(C)(C)C)c1)C2. The number of carbonyl (C=O) groups is 2. The zero-order valence-corrected chi connectivity index (χ0v) is 28.0. The molecule has 242 valence electrons. The molecule has 0 aromatic heterocycles. The zero-order valence-electron chi connectivity index (χ0n) is 26.3. The Morgan fingerprint density at radius 1 is 1.07 bits per heavy atom. The normalized spacial score (nSPS) is 15.4. The number of anilines is 1. The molecule has 0 spiro atoms. The second kappa shape index (κ2) is 14.6. The average Bonchev–Trinajstić information content (AvgIpc) is 3.27. The number of carboxylic acid groups (broad SMARTS) is 1. The van der Waals surface area contributed by atoms with Gasteiger partial charge in [0.1, 0.15) is 11.6 Å². The van der Waals surface area contributed by atoms with Crippen molar-refractivity contribution < 1.29 is 38.0 Å². The number of rotatable bonds is 12. The molecule has 2 heterocycles. The summed E-state index contributed by atoms with van der Waals surface area (Å²) < 4.78 is 38.4. The number of carboxylic acids is 1. The number of morpholine rings is 1. The number of Topliss-reactive ketones (excluding diaryl/α,β-unsaturated/α-hetero) is 1. The first kappa shape index (κ1) is 35.1. The van der Waals surface area contributed by atoms with E-state index in [1.54, 1.807) is 39.0 Å². The first-order valence-electron chi connectivity index (χ1n) is 14.8. The summed E-state index contributed by atoms with van der Waals surface area (Å²) in [5, 5.41) is 18.5. The topological polar surface area (TPSA) is 122 Å². The Morgan fingerprint density at radius 3 is 2.30 bits per heavy atom. The van der Waals surface area contributed by atoms with Crippen molar-refractivity contribution in [3.63, 3.8) is 0 Å². The number of ether oxygens (including phenoxy) is 4. The molecule has 2 aromatic carbocycles. The minimum absolute atomic E-state index is 0. The van der Waals surface area contributed by atoms with E-state index < -0.39 is 23.3 Å². The Kier molecular flexibility index (Phi) is 11.6. The summed E-state index contributed by atoms with van der Waals surface area (Å²) in [5.74, 6) is -1.41. The Labute approximate surface area is 268 Å². The fourth-order valence-electron chi connectivity index (χ4n) is 5.37. The largest absolute Gasteiger partial charge is 0.490 e. The summed E-state index contributed by atoms with van der Waals surface area (Å²) in [6, 6.07) is 5.17. The van der Waals surface area contributed by atoms with E-state index in [4.69, 9.17) is 24.4 Å². The first-order valence-corrected chi connectivity index (χ1v) is 14.8. The third kappa shape index (κ3) is 7.28. The smallest absolute Gasteiger partial charge is 0.344 e. The molecule has 2 aliphatic heterocycles. The molecule has 44 heavy (non-hydrogen) atoms. The van der Waals surface area contributed by atoms with E-state index >= 15 is 4.39 Å². The van der Waals surface area contributed by atoms with Gasteiger partial charge in [0.25, 0.3) is 0 Å². The number of nitrogens with zero attached hydrogens (tertiary/aromatic N) is 2. The van der Waals surface area contributed by atoms with Crippen molar-refractivity contribution in [1.82, 2.24) is 4.90 Å². The lowest BCUT2D eigenvalue weighted by Crippen LogP contribution is -2.38. The van der Waals surface area contributed by atoms with Gasteiger partial charge in [-0.15, -0.1) is 17.0 Å². The molecule has 1 fully saturated rings. The molecule has 2 aliphatic rings. The highest BCUT2D eigenvalue weighted by molar-refractivity contribution is 8.93. The van der Waals surface area contributed by atoms with Crippen molar-refractivity contribution in [1.29, 1.82) is 5.41 Å². The maximum absolute atomic E-state index is 15.6. The number of amidine groups is 1. The Bertz CT molecular complexity index is 1390. The van der Waals surface area contributed by atoms with Gasteiger partial charge in [-0.05, 0) is 49.4 Å². The predicted molar refractivity (Wildman–Crippen MR) is 171 cm³/mol. The van der Waals surface area contributed by atoms with Gasteiger partial charge in [-0.25, -0.2) is 9.18 Å². The number of hydrogen-bond donors (Lipinski definition) is 2. The molecule has 0 amide bonds. The average molecular weight is 681 g/mol. The molecule has 1 saturated heterocycles. The third-order valence-corrected chi connectivity index (χ3v) is 7.56. The lowest BCUT2D eigenvalue weighted by molar-refractivity contribution is -0.145. The summed E-state index contributed by atoms with van der Waals surface area (Å²) in [7, 11) is 0. The van der Waals surface area contributed by atoms with Gasteiger partial charge in [0.05, 0.1) is 44.2 Å². The molecule has 10 nitrogen and oxygen atoms in total. The van der Waals surface area contributed by atoms with Crippen molar-refractivity contribution in [2.75, 3.05) is 51.0 Å². The number of ketones is 1. The van der Waals surface area contributed by atoms with Gasteiger partial charge in [-0.1, -0.05) is 27.7 Å². The molecular weight excluding hydrogens is 637 g/mol. The minimum Gasteiger partial charge on any atom is -0.490 e. The number of nitrogens with one attached hydrogen (secondary N) is 1. The van der Waals surface area contributed by atoms with Crippen LogP contribution in [0.5, 0.6) is 17.2 Å². The zero-order chi connectivity index (χ0) is 31.5. The second-order valence-corrected chi connectivity index (χ2v) is 11.6. The highest BCUT2D eigenvalue weighted by Gasteiger charge is 2.35. The van der Waals surface area contributed by atoms with Crippen molar-refractivity contribution in [3.8, 4) is 17.2 Å². The summed E-state index contributed by atoms with van der Waals surface area (Å²) in [4.78, 5) is 29.4. The number of benzene rings is 2. The predicted octanol–water partition coefficient (Wildman–Crippen LogP) is 5.60. The van der Waals surface area contributed by atoms with Gasteiger partial charge in [0.2, 0.25) is 0 Å². The Balaban J connectivity index is 0.00000529. The van der Waals surface area contributed by atoms with Crippen LogP contribution in [0.2, 0.25) is 0 Å². The Hall–Kier alpha value is -3.38. The van der Waals surface area contributed by atoms with Crippen LogP contribution in [0.1, 0.15) is 75.0 Å². The molecule has 0 radical (unpaired) electrons. The van der Waals surface area contributed by atoms with E-state index in [0.717, 1.165) is 0 Å². The lowest BCUT2D eigenvalue weighted by atomic mass is 9.84. The van der Waals surface area contributed by atoms with E-state index in [9.17, 15) is 14.7 Å². The van der Waals surface area contributed by atoms with Gasteiger partial charge < -0.3 is 33.9 Å². The quantitative estimate of drug-likeness (QED) is 0.276. The summed E-state index contributed by atoms with van der Waals surface area (Å²) in [6.07, 6.45) is -0.782. The van der Waals surface area contributed by atoms with Gasteiger partial charge in [0.15, 0.2) is 29.2 Å². The summed E-state index contributed by atoms with van der Waals surface area (Å²) in [5.41, 5.74) is 1.90. The van der Waals surface area contributed by atoms with Gasteiger partial charge in [-0.3, -0.25) is 10.2 Å². The lowest BCUT2D eigenvalue weighted by Gasteiger charge is -2.34. The van der Waals surface area contributed by atoms with E-state index in [0.29, 0.717) is 61.0 Å². The monoisotopic (exact) mass is 679 g/mol. The van der Waals surface area contributed by atoms with Crippen molar-refractivity contribution in [3.05, 3.63) is 46.3 Å². The maximum atomic E-state index is 15.6. The molecule has 1 unspecified atom stereocenters. The van der Waals surface area contributed by atoms with Crippen LogP contribution in [0.15, 0.2) is 18.2 Å². The van der Waals surface area contributed by atoms with Crippen molar-refractivity contribution in [2.24, 2.45) is 0 Å². The summed E-state index contributed by atoms with van der Waals surface area (Å²) >= 11 is 0. The number of halogens is 2. The molecular formula is C32H43BrFN3O7. The first-order chi connectivity index (χ1) is 20.4. The standard InChI is InChI=1S/C32H42FN3O7.BrH/c1-7-24(31(38)39)43-28-21(32(4,5)6)14-19(15-22(28)35-10-12-40-13-11-35)23(37)18-36-17-20-16-25(41-8-2)29(42-9-3)27(33)26(20)30(36)34;/h14-16,24,34H,7-13,17-18H2,1-6H3,(H,38,39);1H. The van der Waals surface area contributed by atoms with Crippen molar-refractivity contribution >= 4 is 40.3 Å². The van der Waals surface area contributed by atoms with Crippen LogP contribution in [-0.2, 0) is 21.5 Å². The van der Waals surface area contributed by atoms with E-state index in [-0.39, 0.29) is 71.8 Å². The number of aliphatic carboxylic acids is 1. The minimum atomic E-state index is -1.06. The van der Waals surface area contributed by atoms with Crippen LogP contribution in [-0.4, -0.2) is 79.8 Å². The molecule has 0 saturated carbocycles. The number of fused-ring (bicyclic) bond motifs is 1. The summed E-state index contributed by atoms with van der Waals surface area (Å²) in [6.45, 7) is 13.9. The number of hydrogen-bond acceptors (Lipinski definition) is 8. The van der Waals surface area contributed by atoms with Crippen LogP contribution < -0.4 is 19.1 Å². The maximum Gasteiger partial charge on any atom is 0.344 e. The van der Waals surface area contributed by atoms with Crippen LogP contribution in [0, 0.1) is 11.2 Å². The van der Waals surface area contributed by atoms with Crippen molar-refractivity contribution in [2.45, 2.75) is 66.0 Å². The highest BCUT2D eigenvalue weighted by Crippen LogP contribution is 2.42. The van der Waals surface area contributed by atoms with Crippen LogP contribution in [0.25, 0.3) is 0 Å². The third-order valence-electron chi connectivity index (χ3n) is 7.56. The highest BCUT2D eigenvalue weighted by atomic mass is 79.9. The van der Waals surface area contributed by atoms with E-state index in [1.807, 2.05) is 25.7 Å². The van der Waals surface area contributed by atoms with Gasteiger partial charge in [0, 0.05) is 30.8 Å². The van der Waals surface area contributed by atoms with E-state index in [2.05, 4.69) is 0 Å². The van der Waals surface area contributed by atoms with Crippen LogP contribution in [0.4, 0.5) is 10.1 Å². The molecule has 1 atom stereocenters. The Morgan fingerprint density at radius 2 is 1.73 bits per heavy atom. The van der Waals surface area contributed by atoms with Gasteiger partial charge in [-0.2, -0.15) is 0 Å². The van der Waals surface area contributed by atoms with Gasteiger partial charge >= 0.3 is 5.97 Å². The molecule has 4 rings (SSSR count). The fraction of sp³-hybridized carbons (Fsp3) is 0.531. The van der Waals surface area contributed by atoms with Crippen LogP contribution in [0.3, 0.4) is 0 Å². The molecule has 0 bridgehead atoms.